The molecule has 0 radical (unpaired) electrons. The van der Waals surface area contributed by atoms with Crippen molar-refractivity contribution in [2.24, 2.45) is 16.2 Å². The van der Waals surface area contributed by atoms with Crippen LogP contribution >= 0.6 is 0 Å². The summed E-state index contributed by atoms with van der Waals surface area (Å²) >= 11 is 0. The molecular formula is C13H17N5O. The SMILES string of the molecule is C[C@]1(O)CC[C@@](C#N)(c2ccc(N=NN)cn2)CC1. The van der Waals surface area contributed by atoms with Crippen LogP contribution in [0.3, 0.4) is 0 Å². The van der Waals surface area contributed by atoms with Crippen LogP contribution in [0, 0.1) is 11.3 Å². The van der Waals surface area contributed by atoms with Crippen molar-refractivity contribution >= 4 is 5.69 Å². The van der Waals surface area contributed by atoms with Gasteiger partial charge in [0.25, 0.3) is 0 Å². The highest BCUT2D eigenvalue weighted by Gasteiger charge is 2.41. The van der Waals surface area contributed by atoms with Crippen molar-refractivity contribution in [2.45, 2.75) is 43.6 Å². The Morgan fingerprint density at radius 3 is 2.53 bits per heavy atom. The lowest BCUT2D eigenvalue weighted by Crippen LogP contribution is -2.39. The fourth-order valence-electron chi connectivity index (χ4n) is 2.44. The van der Waals surface area contributed by atoms with E-state index in [1.165, 1.54) is 0 Å². The molecule has 2 rings (SSSR count). The van der Waals surface area contributed by atoms with Gasteiger partial charge in [0.15, 0.2) is 0 Å². The minimum atomic E-state index is -0.673. The van der Waals surface area contributed by atoms with E-state index in [0.717, 1.165) is 5.69 Å². The summed E-state index contributed by atoms with van der Waals surface area (Å²) < 4.78 is 0. The van der Waals surface area contributed by atoms with E-state index in [9.17, 15) is 10.4 Å². The standard InChI is InChI=1S/C13H17N5O/c1-12(19)4-6-13(9-14,7-5-12)11-3-2-10(8-16-11)17-18-15/h2-3,8,19H,4-7H2,1H3,(H2,15,17)/t12-,13+. The molecule has 19 heavy (non-hydrogen) atoms. The molecule has 0 bridgehead atoms. The summed E-state index contributed by atoms with van der Waals surface area (Å²) in [5.41, 5.74) is -0.00193. The van der Waals surface area contributed by atoms with Crippen LogP contribution in [0.25, 0.3) is 0 Å². The molecular weight excluding hydrogens is 242 g/mol. The third-order valence-corrected chi connectivity index (χ3v) is 3.81. The highest BCUT2D eigenvalue weighted by Crippen LogP contribution is 2.42. The second-order valence-corrected chi connectivity index (χ2v) is 5.31. The molecule has 0 amide bonds. The van der Waals surface area contributed by atoms with Crippen LogP contribution < -0.4 is 5.84 Å². The topological polar surface area (TPSA) is 108 Å². The van der Waals surface area contributed by atoms with Crippen LogP contribution in [0.4, 0.5) is 5.69 Å². The van der Waals surface area contributed by atoms with E-state index in [1.807, 2.05) is 6.92 Å². The first-order valence-electron chi connectivity index (χ1n) is 6.22. The molecule has 1 heterocycles. The number of pyridine rings is 1. The molecule has 1 saturated carbocycles. The Balaban J connectivity index is 2.25. The maximum atomic E-state index is 9.99. The quantitative estimate of drug-likeness (QED) is 0.481. The van der Waals surface area contributed by atoms with Gasteiger partial charge in [-0.1, -0.05) is 5.22 Å². The van der Waals surface area contributed by atoms with Crippen LogP contribution in [0.5, 0.6) is 0 Å². The Hall–Kier alpha value is -2.00. The predicted molar refractivity (Wildman–Crippen MR) is 69.3 cm³/mol. The third kappa shape index (κ3) is 2.71. The minimum absolute atomic E-state index is 0.558. The Kier molecular flexibility index (Phi) is 3.49. The number of nitrogens with zero attached hydrogens (tertiary/aromatic N) is 4. The van der Waals surface area contributed by atoms with Crippen molar-refractivity contribution in [3.8, 4) is 6.07 Å². The maximum absolute atomic E-state index is 9.99. The molecule has 0 unspecified atom stereocenters. The second-order valence-electron chi connectivity index (χ2n) is 5.31. The lowest BCUT2D eigenvalue weighted by molar-refractivity contribution is 0.00802. The molecule has 6 nitrogen and oxygen atoms in total. The molecule has 0 aliphatic heterocycles. The van der Waals surface area contributed by atoms with Gasteiger partial charge in [-0.3, -0.25) is 4.98 Å². The number of nitriles is 1. The van der Waals surface area contributed by atoms with Crippen molar-refractivity contribution in [3.63, 3.8) is 0 Å². The summed E-state index contributed by atoms with van der Waals surface area (Å²) in [5, 5.41) is 26.4. The number of aromatic nitrogens is 1. The number of rotatable bonds is 2. The average Bonchev–Trinajstić information content (AvgIpc) is 2.41. The number of hydrogen-bond acceptors (Lipinski definition) is 5. The van der Waals surface area contributed by atoms with Crippen molar-refractivity contribution < 1.29 is 5.11 Å². The van der Waals surface area contributed by atoms with E-state index in [-0.39, 0.29) is 0 Å². The summed E-state index contributed by atoms with van der Waals surface area (Å²) in [6.45, 7) is 1.81. The molecule has 0 atom stereocenters. The number of nitrogens with two attached hydrogens (primary N) is 1. The molecule has 6 heteroatoms. The van der Waals surface area contributed by atoms with E-state index in [0.29, 0.717) is 31.4 Å². The van der Waals surface area contributed by atoms with E-state index in [1.54, 1.807) is 18.3 Å². The minimum Gasteiger partial charge on any atom is -0.390 e. The molecule has 1 aromatic rings. The van der Waals surface area contributed by atoms with Gasteiger partial charge in [-0.25, -0.2) is 0 Å². The van der Waals surface area contributed by atoms with Crippen molar-refractivity contribution in [1.29, 1.82) is 5.26 Å². The summed E-state index contributed by atoms with van der Waals surface area (Å²) in [6.07, 6.45) is 3.99. The molecule has 1 fully saturated rings. The Morgan fingerprint density at radius 1 is 1.37 bits per heavy atom. The predicted octanol–water partition coefficient (Wildman–Crippen LogP) is 2.13. The number of aliphatic hydroxyl groups is 1. The fourth-order valence-corrected chi connectivity index (χ4v) is 2.44. The average molecular weight is 259 g/mol. The normalized spacial score (nSPS) is 31.2. The molecule has 1 aliphatic rings. The molecule has 1 aliphatic carbocycles. The van der Waals surface area contributed by atoms with E-state index >= 15 is 0 Å². The first-order valence-corrected chi connectivity index (χ1v) is 6.22. The first kappa shape index (κ1) is 13.4. The van der Waals surface area contributed by atoms with Crippen LogP contribution in [0.1, 0.15) is 38.3 Å². The Bertz CT molecular complexity index is 505. The molecule has 0 spiro atoms. The van der Waals surface area contributed by atoms with Gasteiger partial charge in [-0.15, -0.1) is 5.11 Å². The monoisotopic (exact) mass is 259 g/mol. The van der Waals surface area contributed by atoms with Crippen LogP contribution in [0.2, 0.25) is 0 Å². The van der Waals surface area contributed by atoms with Gasteiger partial charge in [-0.05, 0) is 44.7 Å². The zero-order chi connectivity index (χ0) is 13.9. The molecule has 0 aromatic carbocycles. The van der Waals surface area contributed by atoms with E-state index in [2.05, 4.69) is 21.4 Å². The van der Waals surface area contributed by atoms with Gasteiger partial charge in [0.1, 0.15) is 5.69 Å². The third-order valence-electron chi connectivity index (χ3n) is 3.81. The molecule has 100 valence electrons. The van der Waals surface area contributed by atoms with Gasteiger partial charge < -0.3 is 10.9 Å². The van der Waals surface area contributed by atoms with Gasteiger partial charge in [0, 0.05) is 0 Å². The summed E-state index contributed by atoms with van der Waals surface area (Å²) in [5.74, 6) is 4.97. The highest BCUT2D eigenvalue weighted by molar-refractivity contribution is 5.37. The fraction of sp³-hybridized carbons (Fsp3) is 0.538. The zero-order valence-electron chi connectivity index (χ0n) is 10.9. The van der Waals surface area contributed by atoms with E-state index < -0.39 is 11.0 Å². The maximum Gasteiger partial charge on any atom is 0.106 e. The van der Waals surface area contributed by atoms with Gasteiger partial charge in [0.2, 0.25) is 0 Å². The lowest BCUT2D eigenvalue weighted by Gasteiger charge is -2.37. The smallest absolute Gasteiger partial charge is 0.106 e. The highest BCUT2D eigenvalue weighted by atomic mass is 16.3. The summed E-state index contributed by atoms with van der Waals surface area (Å²) in [7, 11) is 0. The molecule has 1 aromatic heterocycles. The van der Waals surface area contributed by atoms with Crippen molar-refractivity contribution in [3.05, 3.63) is 24.0 Å². The second kappa shape index (κ2) is 4.94. The lowest BCUT2D eigenvalue weighted by atomic mass is 9.68. The summed E-state index contributed by atoms with van der Waals surface area (Å²) in [6, 6.07) is 5.90. The Morgan fingerprint density at radius 2 is 2.05 bits per heavy atom. The van der Waals surface area contributed by atoms with E-state index in [4.69, 9.17) is 5.84 Å². The van der Waals surface area contributed by atoms with Crippen LogP contribution in [-0.2, 0) is 5.41 Å². The number of hydrogen-bond donors (Lipinski definition) is 2. The first-order chi connectivity index (χ1) is 9.01. The molecule has 0 saturated heterocycles. The van der Waals surface area contributed by atoms with Crippen molar-refractivity contribution in [1.82, 2.24) is 4.98 Å². The van der Waals surface area contributed by atoms with Crippen molar-refractivity contribution in [2.75, 3.05) is 0 Å². The largest absolute Gasteiger partial charge is 0.390 e. The van der Waals surface area contributed by atoms with Gasteiger partial charge >= 0.3 is 0 Å². The van der Waals surface area contributed by atoms with Gasteiger partial charge in [-0.2, -0.15) is 5.26 Å². The van der Waals surface area contributed by atoms with Crippen LogP contribution in [0.15, 0.2) is 28.7 Å². The zero-order valence-corrected chi connectivity index (χ0v) is 10.9. The summed E-state index contributed by atoms with van der Waals surface area (Å²) in [4.78, 5) is 4.30. The van der Waals surface area contributed by atoms with Crippen LogP contribution in [-0.4, -0.2) is 15.7 Å². The molecule has 3 N–H and O–H groups in total. The van der Waals surface area contributed by atoms with Gasteiger partial charge in [0.05, 0.1) is 29.0 Å². The Labute approximate surface area is 112 Å².